The minimum atomic E-state index is -0.594. The van der Waals surface area contributed by atoms with Gasteiger partial charge >= 0.3 is 0 Å². The van der Waals surface area contributed by atoms with Crippen LogP contribution in [0.1, 0.15) is 6.92 Å². The number of hydrogen-bond acceptors (Lipinski definition) is 2. The molecule has 2 nitrogen and oxygen atoms in total. The van der Waals surface area contributed by atoms with Crippen LogP contribution in [0.2, 0.25) is 10.0 Å². The van der Waals surface area contributed by atoms with E-state index in [2.05, 4.69) is 5.32 Å². The summed E-state index contributed by atoms with van der Waals surface area (Å²) in [6.45, 7) is 2.49. The third kappa shape index (κ3) is 3.52. The summed E-state index contributed by atoms with van der Waals surface area (Å²) in [4.78, 5) is 0. The van der Waals surface area contributed by atoms with Crippen LogP contribution in [-0.2, 0) is 4.74 Å². The number of nitrogens with one attached hydrogen (secondary N) is 1. The standard InChI is InChI=1S/C10H12Cl2FNO/c1-6(5-15-2)14-7-3-8(11)10(13)9(12)4-7/h3-4,6,14H,5H2,1-2H3. The van der Waals surface area contributed by atoms with E-state index in [9.17, 15) is 4.39 Å². The maximum atomic E-state index is 13.1. The van der Waals surface area contributed by atoms with Crippen LogP contribution in [0.3, 0.4) is 0 Å². The van der Waals surface area contributed by atoms with Crippen molar-refractivity contribution >= 4 is 28.9 Å². The Balaban J connectivity index is 2.78. The van der Waals surface area contributed by atoms with Gasteiger partial charge in [0.2, 0.25) is 0 Å². The van der Waals surface area contributed by atoms with Crippen molar-refractivity contribution in [1.82, 2.24) is 0 Å². The van der Waals surface area contributed by atoms with Gasteiger partial charge in [0, 0.05) is 18.8 Å². The van der Waals surface area contributed by atoms with E-state index in [4.69, 9.17) is 27.9 Å². The molecule has 1 aromatic carbocycles. The van der Waals surface area contributed by atoms with Crippen molar-refractivity contribution in [3.05, 3.63) is 28.0 Å². The Bertz CT molecular complexity index is 323. The van der Waals surface area contributed by atoms with Crippen LogP contribution in [-0.4, -0.2) is 19.8 Å². The van der Waals surface area contributed by atoms with Gasteiger partial charge in [-0.2, -0.15) is 0 Å². The molecule has 5 heteroatoms. The van der Waals surface area contributed by atoms with Crippen LogP contribution in [0, 0.1) is 5.82 Å². The van der Waals surface area contributed by atoms with Crippen molar-refractivity contribution in [2.75, 3.05) is 19.0 Å². The molecule has 0 radical (unpaired) electrons. The zero-order valence-electron chi connectivity index (χ0n) is 8.48. The van der Waals surface area contributed by atoms with Gasteiger partial charge in [-0.25, -0.2) is 4.39 Å². The third-order valence-corrected chi connectivity index (χ3v) is 2.36. The molecule has 0 bridgehead atoms. The Morgan fingerprint density at radius 1 is 1.40 bits per heavy atom. The fraction of sp³-hybridized carbons (Fsp3) is 0.400. The van der Waals surface area contributed by atoms with E-state index in [0.29, 0.717) is 12.3 Å². The number of benzene rings is 1. The first-order chi connectivity index (χ1) is 7.04. The van der Waals surface area contributed by atoms with Gasteiger partial charge in [0.15, 0.2) is 5.82 Å². The van der Waals surface area contributed by atoms with E-state index in [1.807, 2.05) is 6.92 Å². The van der Waals surface area contributed by atoms with Crippen molar-refractivity contribution in [1.29, 1.82) is 0 Å². The normalized spacial score (nSPS) is 12.6. The van der Waals surface area contributed by atoms with Crippen molar-refractivity contribution in [2.24, 2.45) is 0 Å². The summed E-state index contributed by atoms with van der Waals surface area (Å²) in [5.41, 5.74) is 0.677. The Morgan fingerprint density at radius 2 is 1.93 bits per heavy atom. The molecule has 15 heavy (non-hydrogen) atoms. The molecule has 1 aromatic rings. The Hall–Kier alpha value is -0.510. The molecule has 0 aromatic heterocycles. The molecule has 0 heterocycles. The fourth-order valence-corrected chi connectivity index (χ4v) is 1.70. The van der Waals surface area contributed by atoms with Crippen molar-refractivity contribution in [3.8, 4) is 0 Å². The van der Waals surface area contributed by atoms with Crippen LogP contribution in [0.5, 0.6) is 0 Å². The van der Waals surface area contributed by atoms with E-state index < -0.39 is 5.82 Å². The van der Waals surface area contributed by atoms with Gasteiger partial charge in [0.25, 0.3) is 0 Å². The fourth-order valence-electron chi connectivity index (χ4n) is 1.22. The van der Waals surface area contributed by atoms with Gasteiger partial charge in [-0.05, 0) is 19.1 Å². The van der Waals surface area contributed by atoms with E-state index in [-0.39, 0.29) is 16.1 Å². The smallest absolute Gasteiger partial charge is 0.160 e. The van der Waals surface area contributed by atoms with E-state index in [1.54, 1.807) is 7.11 Å². The number of rotatable bonds is 4. The van der Waals surface area contributed by atoms with Gasteiger partial charge in [-0.1, -0.05) is 23.2 Å². The zero-order chi connectivity index (χ0) is 11.4. The first-order valence-electron chi connectivity index (χ1n) is 4.44. The minimum Gasteiger partial charge on any atom is -0.383 e. The third-order valence-electron chi connectivity index (χ3n) is 1.81. The average Bonchev–Trinajstić information content (AvgIpc) is 2.14. The molecule has 0 spiro atoms. The van der Waals surface area contributed by atoms with Crippen LogP contribution in [0.25, 0.3) is 0 Å². The first-order valence-corrected chi connectivity index (χ1v) is 5.20. The molecule has 1 rings (SSSR count). The maximum absolute atomic E-state index is 13.1. The molecule has 0 saturated carbocycles. The molecular weight excluding hydrogens is 240 g/mol. The first kappa shape index (κ1) is 12.6. The molecular formula is C10H12Cl2FNO. The largest absolute Gasteiger partial charge is 0.383 e. The predicted octanol–water partition coefficient (Wildman–Crippen LogP) is 3.58. The van der Waals surface area contributed by atoms with Crippen LogP contribution < -0.4 is 5.32 Å². The molecule has 84 valence electrons. The lowest BCUT2D eigenvalue weighted by Gasteiger charge is -2.14. The van der Waals surface area contributed by atoms with Crippen LogP contribution in [0.15, 0.2) is 12.1 Å². The highest BCUT2D eigenvalue weighted by Crippen LogP contribution is 2.27. The highest BCUT2D eigenvalue weighted by molar-refractivity contribution is 6.35. The Labute approximate surface area is 98.3 Å². The summed E-state index contributed by atoms with van der Waals surface area (Å²) >= 11 is 11.3. The van der Waals surface area contributed by atoms with Crippen molar-refractivity contribution < 1.29 is 9.13 Å². The second-order valence-electron chi connectivity index (χ2n) is 3.25. The Morgan fingerprint density at radius 3 is 2.40 bits per heavy atom. The molecule has 0 saturated heterocycles. The monoisotopic (exact) mass is 251 g/mol. The van der Waals surface area contributed by atoms with Gasteiger partial charge in [-0.15, -0.1) is 0 Å². The SMILES string of the molecule is COCC(C)Nc1cc(Cl)c(F)c(Cl)c1. The summed E-state index contributed by atoms with van der Waals surface area (Å²) in [6.07, 6.45) is 0. The van der Waals surface area contributed by atoms with Gasteiger partial charge in [0.05, 0.1) is 16.7 Å². The molecule has 0 amide bonds. The lowest BCUT2D eigenvalue weighted by atomic mass is 10.2. The summed E-state index contributed by atoms with van der Waals surface area (Å²) in [7, 11) is 1.61. The topological polar surface area (TPSA) is 21.3 Å². The molecule has 0 aliphatic heterocycles. The maximum Gasteiger partial charge on any atom is 0.160 e. The Kier molecular flexibility index (Phi) is 4.64. The summed E-state index contributed by atoms with van der Waals surface area (Å²) < 4.78 is 18.0. The molecule has 1 N–H and O–H groups in total. The summed E-state index contributed by atoms with van der Waals surface area (Å²) in [5, 5.41) is 3.11. The zero-order valence-corrected chi connectivity index (χ0v) is 9.99. The minimum absolute atomic E-state index is 0.00890. The number of methoxy groups -OCH3 is 1. The van der Waals surface area contributed by atoms with Gasteiger partial charge < -0.3 is 10.1 Å². The second-order valence-corrected chi connectivity index (χ2v) is 4.07. The highest BCUT2D eigenvalue weighted by atomic mass is 35.5. The van der Waals surface area contributed by atoms with Crippen LogP contribution >= 0.6 is 23.2 Å². The van der Waals surface area contributed by atoms with E-state index >= 15 is 0 Å². The lowest BCUT2D eigenvalue weighted by Crippen LogP contribution is -2.20. The average molecular weight is 252 g/mol. The predicted molar refractivity (Wildman–Crippen MR) is 61.4 cm³/mol. The molecule has 1 atom stereocenters. The summed E-state index contributed by atoms with van der Waals surface area (Å²) in [5.74, 6) is -0.594. The van der Waals surface area contributed by atoms with E-state index in [1.165, 1.54) is 12.1 Å². The number of ether oxygens (including phenoxy) is 1. The number of halogens is 3. The highest BCUT2D eigenvalue weighted by Gasteiger charge is 2.09. The second kappa shape index (κ2) is 5.54. The van der Waals surface area contributed by atoms with E-state index in [0.717, 1.165) is 0 Å². The van der Waals surface area contributed by atoms with Crippen molar-refractivity contribution in [2.45, 2.75) is 13.0 Å². The summed E-state index contributed by atoms with van der Waals surface area (Å²) in [6, 6.07) is 3.09. The molecule has 0 fully saturated rings. The molecule has 1 unspecified atom stereocenters. The molecule has 0 aliphatic carbocycles. The van der Waals surface area contributed by atoms with Gasteiger partial charge in [-0.3, -0.25) is 0 Å². The number of hydrogen-bond donors (Lipinski definition) is 1. The van der Waals surface area contributed by atoms with Gasteiger partial charge in [0.1, 0.15) is 0 Å². The molecule has 0 aliphatic rings. The quantitative estimate of drug-likeness (QED) is 0.827. The lowest BCUT2D eigenvalue weighted by molar-refractivity contribution is 0.190. The van der Waals surface area contributed by atoms with Crippen molar-refractivity contribution in [3.63, 3.8) is 0 Å². The van der Waals surface area contributed by atoms with Crippen LogP contribution in [0.4, 0.5) is 10.1 Å². The number of anilines is 1.